The minimum absolute atomic E-state index is 0.0964. The molecular formula is C12H20N4O2S. The lowest BCUT2D eigenvalue weighted by Gasteiger charge is -2.22. The number of nitrogens with zero attached hydrogens (tertiary/aromatic N) is 3. The molecule has 0 aliphatic heterocycles. The molecule has 2 saturated carbocycles. The topological polar surface area (TPSA) is 81.2 Å². The van der Waals surface area contributed by atoms with E-state index in [1.807, 2.05) is 0 Å². The van der Waals surface area contributed by atoms with E-state index in [0.29, 0.717) is 24.9 Å². The smallest absolute Gasteiger partial charge is 0.262 e. The van der Waals surface area contributed by atoms with Gasteiger partial charge in [-0.2, -0.15) is 4.31 Å². The summed E-state index contributed by atoms with van der Waals surface area (Å²) in [7, 11) is -1.85. The molecule has 2 fully saturated rings. The lowest BCUT2D eigenvalue weighted by molar-refractivity contribution is 0.379. The summed E-state index contributed by atoms with van der Waals surface area (Å²) in [4.78, 5) is 3.89. The predicted molar refractivity (Wildman–Crippen MR) is 71.8 cm³/mol. The van der Waals surface area contributed by atoms with E-state index >= 15 is 0 Å². The molecule has 2 N–H and O–H groups in total. The molecule has 0 spiro atoms. The highest BCUT2D eigenvalue weighted by Crippen LogP contribution is 2.36. The standard InChI is InChI=1S/C12H20N4O2S/c1-15-8-14-11(13)12(15)19(17,18)16(6-9-2-3-9)7-10-4-5-10/h8-10H,2-7,13H2,1H3. The van der Waals surface area contributed by atoms with E-state index in [1.54, 1.807) is 11.4 Å². The molecule has 1 aromatic heterocycles. The fraction of sp³-hybridized carbons (Fsp3) is 0.750. The number of imidazole rings is 1. The van der Waals surface area contributed by atoms with Crippen molar-refractivity contribution in [3.8, 4) is 0 Å². The summed E-state index contributed by atoms with van der Waals surface area (Å²) in [5.74, 6) is 1.16. The normalized spacial score (nSPS) is 20.1. The molecule has 3 rings (SSSR count). The van der Waals surface area contributed by atoms with Crippen molar-refractivity contribution in [3.05, 3.63) is 6.33 Å². The Morgan fingerprint density at radius 3 is 2.21 bits per heavy atom. The van der Waals surface area contributed by atoms with Gasteiger partial charge >= 0.3 is 0 Å². The molecule has 106 valence electrons. The maximum Gasteiger partial charge on any atom is 0.262 e. The molecule has 0 radical (unpaired) electrons. The number of nitrogens with two attached hydrogens (primary N) is 1. The first-order valence-corrected chi connectivity index (χ1v) is 8.19. The lowest BCUT2D eigenvalue weighted by atomic mass is 10.4. The van der Waals surface area contributed by atoms with Gasteiger partial charge in [-0.15, -0.1) is 0 Å². The Bertz CT molecular complexity index is 539. The summed E-state index contributed by atoms with van der Waals surface area (Å²) in [6, 6.07) is 0. The fourth-order valence-corrected chi connectivity index (χ4v) is 4.11. The maximum absolute atomic E-state index is 12.7. The second-order valence-corrected chi connectivity index (χ2v) is 7.61. The van der Waals surface area contributed by atoms with Gasteiger partial charge in [0, 0.05) is 20.1 Å². The number of sulfonamides is 1. The van der Waals surface area contributed by atoms with Crippen LogP contribution in [-0.2, 0) is 17.1 Å². The number of hydrogen-bond acceptors (Lipinski definition) is 4. The second kappa shape index (κ2) is 4.49. The molecular weight excluding hydrogens is 264 g/mol. The summed E-state index contributed by atoms with van der Waals surface area (Å²) < 4.78 is 28.6. The third-order valence-corrected chi connectivity index (χ3v) is 5.78. The van der Waals surface area contributed by atoms with Gasteiger partial charge in [-0.3, -0.25) is 0 Å². The van der Waals surface area contributed by atoms with Gasteiger partial charge in [0.25, 0.3) is 10.0 Å². The van der Waals surface area contributed by atoms with Crippen LogP contribution in [0.1, 0.15) is 25.7 Å². The van der Waals surface area contributed by atoms with Crippen LogP contribution in [0.3, 0.4) is 0 Å². The molecule has 0 saturated heterocycles. The molecule has 0 unspecified atom stereocenters. The summed E-state index contributed by atoms with van der Waals surface area (Å²) >= 11 is 0. The molecule has 7 heteroatoms. The number of hydrogen-bond donors (Lipinski definition) is 1. The molecule has 0 atom stereocenters. The third-order valence-electron chi connectivity index (χ3n) is 3.81. The van der Waals surface area contributed by atoms with Crippen LogP contribution in [0.15, 0.2) is 11.4 Å². The van der Waals surface area contributed by atoms with Crippen molar-refractivity contribution in [2.75, 3.05) is 18.8 Å². The van der Waals surface area contributed by atoms with Crippen LogP contribution in [0.2, 0.25) is 0 Å². The van der Waals surface area contributed by atoms with Crippen molar-refractivity contribution in [2.24, 2.45) is 18.9 Å². The minimum atomic E-state index is -3.52. The van der Waals surface area contributed by atoms with Crippen LogP contribution in [0.25, 0.3) is 0 Å². The van der Waals surface area contributed by atoms with Gasteiger partial charge in [0.15, 0.2) is 10.8 Å². The highest BCUT2D eigenvalue weighted by atomic mass is 32.2. The summed E-state index contributed by atoms with van der Waals surface area (Å²) in [6.45, 7) is 1.26. The number of aryl methyl sites for hydroxylation is 1. The Kier molecular flexibility index (Phi) is 3.05. The van der Waals surface area contributed by atoms with Gasteiger partial charge in [0.05, 0.1) is 6.33 Å². The third kappa shape index (κ3) is 2.62. The zero-order chi connectivity index (χ0) is 13.6. The van der Waals surface area contributed by atoms with Crippen molar-refractivity contribution < 1.29 is 8.42 Å². The average Bonchev–Trinajstić information content (AvgIpc) is 3.21. The van der Waals surface area contributed by atoms with Crippen LogP contribution < -0.4 is 5.73 Å². The summed E-state index contributed by atoms with van der Waals surface area (Å²) in [5, 5.41) is 0.133. The maximum atomic E-state index is 12.7. The van der Waals surface area contributed by atoms with Gasteiger partial charge in [0.2, 0.25) is 0 Å². The molecule has 0 amide bonds. The van der Waals surface area contributed by atoms with Crippen molar-refractivity contribution >= 4 is 15.8 Å². The Balaban J connectivity index is 1.89. The van der Waals surface area contributed by atoms with E-state index in [2.05, 4.69) is 4.98 Å². The molecule has 2 aliphatic carbocycles. The number of aromatic nitrogens is 2. The Morgan fingerprint density at radius 1 is 1.32 bits per heavy atom. The largest absolute Gasteiger partial charge is 0.381 e. The van der Waals surface area contributed by atoms with Crippen molar-refractivity contribution in [2.45, 2.75) is 30.7 Å². The number of anilines is 1. The average molecular weight is 284 g/mol. The molecule has 1 aromatic rings. The van der Waals surface area contributed by atoms with Gasteiger partial charge in [-0.25, -0.2) is 13.4 Å². The second-order valence-electron chi connectivity index (χ2n) is 5.75. The monoisotopic (exact) mass is 284 g/mol. The van der Waals surface area contributed by atoms with Crippen molar-refractivity contribution in [3.63, 3.8) is 0 Å². The van der Waals surface area contributed by atoms with Crippen LogP contribution in [0.5, 0.6) is 0 Å². The molecule has 0 bridgehead atoms. The fourth-order valence-electron chi connectivity index (χ4n) is 2.32. The highest BCUT2D eigenvalue weighted by Gasteiger charge is 2.37. The van der Waals surface area contributed by atoms with E-state index < -0.39 is 10.0 Å². The SMILES string of the molecule is Cn1cnc(N)c1S(=O)(=O)N(CC1CC1)CC1CC1. The van der Waals surface area contributed by atoms with Crippen LogP contribution >= 0.6 is 0 Å². The van der Waals surface area contributed by atoms with Gasteiger partial charge in [-0.05, 0) is 37.5 Å². The van der Waals surface area contributed by atoms with Gasteiger partial charge in [0.1, 0.15) is 0 Å². The first-order valence-electron chi connectivity index (χ1n) is 6.75. The molecule has 6 nitrogen and oxygen atoms in total. The first-order chi connectivity index (χ1) is 8.98. The highest BCUT2D eigenvalue weighted by molar-refractivity contribution is 7.89. The zero-order valence-corrected chi connectivity index (χ0v) is 11.9. The first kappa shape index (κ1) is 12.9. The van der Waals surface area contributed by atoms with E-state index in [9.17, 15) is 8.42 Å². The van der Waals surface area contributed by atoms with Gasteiger partial charge < -0.3 is 10.3 Å². The Hall–Kier alpha value is -1.08. The Labute approximate surface area is 113 Å². The quantitative estimate of drug-likeness (QED) is 0.838. The van der Waals surface area contributed by atoms with Crippen LogP contribution in [0.4, 0.5) is 5.82 Å². The molecule has 1 heterocycles. The molecule has 2 aliphatic rings. The summed E-state index contributed by atoms with van der Waals surface area (Å²) in [5.41, 5.74) is 5.72. The van der Waals surface area contributed by atoms with E-state index in [-0.39, 0.29) is 10.8 Å². The van der Waals surface area contributed by atoms with E-state index in [0.717, 1.165) is 25.7 Å². The van der Waals surface area contributed by atoms with Crippen LogP contribution in [-0.4, -0.2) is 35.4 Å². The number of rotatable bonds is 6. The van der Waals surface area contributed by atoms with Crippen molar-refractivity contribution in [1.29, 1.82) is 0 Å². The molecule has 0 aromatic carbocycles. The molecule has 19 heavy (non-hydrogen) atoms. The lowest BCUT2D eigenvalue weighted by Crippen LogP contribution is -2.36. The Morgan fingerprint density at radius 2 is 1.84 bits per heavy atom. The minimum Gasteiger partial charge on any atom is -0.381 e. The predicted octanol–water partition coefficient (Wildman–Crippen LogP) is 0.813. The zero-order valence-electron chi connectivity index (χ0n) is 11.1. The van der Waals surface area contributed by atoms with E-state index in [4.69, 9.17) is 5.73 Å². The van der Waals surface area contributed by atoms with Gasteiger partial charge in [-0.1, -0.05) is 0 Å². The van der Waals surface area contributed by atoms with Crippen LogP contribution in [0, 0.1) is 11.8 Å². The number of nitrogen functional groups attached to an aromatic ring is 1. The van der Waals surface area contributed by atoms with E-state index in [1.165, 1.54) is 10.9 Å². The summed E-state index contributed by atoms with van der Waals surface area (Å²) in [6.07, 6.45) is 6.00. The van der Waals surface area contributed by atoms with Crippen molar-refractivity contribution in [1.82, 2.24) is 13.9 Å².